The van der Waals surface area contributed by atoms with Gasteiger partial charge in [-0.2, -0.15) is 5.26 Å². The molecule has 0 fully saturated rings. The molecule has 1 aromatic carbocycles. The highest BCUT2D eigenvalue weighted by atomic mass is 32.1. The summed E-state index contributed by atoms with van der Waals surface area (Å²) in [6.07, 6.45) is 0.425. The summed E-state index contributed by atoms with van der Waals surface area (Å²) in [6, 6.07) is 8.30. The molecule has 0 amide bonds. The molecular weight excluding hydrogens is 280 g/mol. The van der Waals surface area contributed by atoms with E-state index in [2.05, 4.69) is 44.8 Å². The summed E-state index contributed by atoms with van der Waals surface area (Å²) >= 11 is 1.58. The first kappa shape index (κ1) is 15.5. The third kappa shape index (κ3) is 3.83. The normalized spacial score (nSPS) is 10.7. The van der Waals surface area contributed by atoms with E-state index in [9.17, 15) is 0 Å². The van der Waals surface area contributed by atoms with E-state index < -0.39 is 0 Å². The zero-order valence-electron chi connectivity index (χ0n) is 12.9. The Morgan fingerprint density at radius 2 is 2.05 bits per heavy atom. The number of aryl methyl sites for hydroxylation is 2. The summed E-state index contributed by atoms with van der Waals surface area (Å²) in [5.74, 6) is 1.20. The lowest BCUT2D eigenvalue weighted by atomic mass is 10.1. The van der Waals surface area contributed by atoms with Gasteiger partial charge in [-0.25, -0.2) is 4.98 Å². The first-order chi connectivity index (χ1) is 10.0. The van der Waals surface area contributed by atoms with Crippen LogP contribution >= 0.6 is 11.3 Å². The number of nitriles is 1. The molecule has 21 heavy (non-hydrogen) atoms. The lowest BCUT2D eigenvalue weighted by Gasteiger charge is -2.06. The van der Waals surface area contributed by atoms with Crippen molar-refractivity contribution in [2.24, 2.45) is 0 Å². The topological polar surface area (TPSA) is 45.9 Å². The largest absolute Gasteiger partial charge is 0.486 e. The van der Waals surface area contributed by atoms with Gasteiger partial charge in [0.25, 0.3) is 0 Å². The highest BCUT2D eigenvalue weighted by Crippen LogP contribution is 2.26. The Bertz CT molecular complexity index is 668. The van der Waals surface area contributed by atoms with Crippen LogP contribution in [0.2, 0.25) is 0 Å². The number of hydrogen-bond acceptors (Lipinski definition) is 4. The monoisotopic (exact) mass is 300 g/mol. The zero-order chi connectivity index (χ0) is 15.4. The Morgan fingerprint density at radius 3 is 2.67 bits per heavy atom. The number of benzene rings is 1. The van der Waals surface area contributed by atoms with Gasteiger partial charge in [-0.3, -0.25) is 0 Å². The van der Waals surface area contributed by atoms with E-state index in [1.54, 1.807) is 11.3 Å². The maximum absolute atomic E-state index is 8.90. The van der Waals surface area contributed by atoms with Crippen molar-refractivity contribution in [2.75, 3.05) is 0 Å². The Balaban J connectivity index is 2.11. The molecule has 2 rings (SSSR count). The van der Waals surface area contributed by atoms with Gasteiger partial charge < -0.3 is 4.74 Å². The fraction of sp³-hybridized carbons (Fsp3) is 0.412. The second-order valence-electron chi connectivity index (χ2n) is 5.44. The summed E-state index contributed by atoms with van der Waals surface area (Å²) in [4.78, 5) is 5.69. The molecule has 1 heterocycles. The molecule has 3 nitrogen and oxygen atoms in total. The van der Waals surface area contributed by atoms with Gasteiger partial charge in [0.05, 0.1) is 18.2 Å². The lowest BCUT2D eigenvalue weighted by Crippen LogP contribution is -1.97. The zero-order valence-corrected chi connectivity index (χ0v) is 13.8. The summed E-state index contributed by atoms with van der Waals surface area (Å²) in [6.45, 7) is 8.82. The first-order valence-electron chi connectivity index (χ1n) is 7.06. The first-order valence-corrected chi connectivity index (χ1v) is 7.88. The Hall–Kier alpha value is -1.86. The second-order valence-corrected chi connectivity index (χ2v) is 6.61. The van der Waals surface area contributed by atoms with Crippen LogP contribution in [0.3, 0.4) is 0 Å². The van der Waals surface area contributed by atoms with Gasteiger partial charge in [-0.15, -0.1) is 11.3 Å². The molecule has 0 spiro atoms. The Kier molecular flexibility index (Phi) is 4.98. The molecule has 0 saturated heterocycles. The number of ether oxygens (including phenoxy) is 1. The molecule has 0 bridgehead atoms. The van der Waals surface area contributed by atoms with Crippen molar-refractivity contribution in [2.45, 2.75) is 46.6 Å². The third-order valence-corrected chi connectivity index (χ3v) is 4.44. The quantitative estimate of drug-likeness (QED) is 0.815. The summed E-state index contributed by atoms with van der Waals surface area (Å²) in [7, 11) is 0. The van der Waals surface area contributed by atoms with E-state index in [1.165, 1.54) is 11.1 Å². The summed E-state index contributed by atoms with van der Waals surface area (Å²) in [5, 5.41) is 9.83. The van der Waals surface area contributed by atoms with E-state index in [-0.39, 0.29) is 0 Å². The predicted molar refractivity (Wildman–Crippen MR) is 85.8 cm³/mol. The highest BCUT2D eigenvalue weighted by molar-refractivity contribution is 7.11. The van der Waals surface area contributed by atoms with E-state index in [4.69, 9.17) is 10.00 Å². The lowest BCUT2D eigenvalue weighted by molar-refractivity contribution is 0.305. The van der Waals surface area contributed by atoms with Gasteiger partial charge in [0.1, 0.15) is 17.4 Å². The Morgan fingerprint density at radius 1 is 1.29 bits per heavy atom. The fourth-order valence-corrected chi connectivity index (χ4v) is 3.14. The van der Waals surface area contributed by atoms with Crippen molar-refractivity contribution in [3.63, 3.8) is 0 Å². The van der Waals surface area contributed by atoms with Crippen molar-refractivity contribution in [3.05, 3.63) is 44.9 Å². The maximum Gasteiger partial charge on any atom is 0.140 e. The number of nitrogens with zero attached hydrogens (tertiary/aromatic N) is 2. The molecule has 0 aliphatic heterocycles. The second kappa shape index (κ2) is 6.73. The molecule has 1 aromatic heterocycles. The van der Waals surface area contributed by atoms with Crippen LogP contribution in [-0.2, 0) is 13.0 Å². The van der Waals surface area contributed by atoms with E-state index in [0.717, 1.165) is 21.3 Å². The van der Waals surface area contributed by atoms with E-state index >= 15 is 0 Å². The standard InChI is InChI=1S/C17H20N2OS/c1-11(2)17-15(7-8-18)21-16(19-17)10-20-14-6-5-12(3)13(4)9-14/h5-6,9,11H,7,10H2,1-4H3. The van der Waals surface area contributed by atoms with Crippen molar-refractivity contribution >= 4 is 11.3 Å². The maximum atomic E-state index is 8.90. The van der Waals surface area contributed by atoms with Crippen LogP contribution in [0.15, 0.2) is 18.2 Å². The minimum atomic E-state index is 0.333. The van der Waals surface area contributed by atoms with Crippen LogP contribution in [0.1, 0.15) is 46.5 Å². The molecule has 0 radical (unpaired) electrons. The van der Waals surface area contributed by atoms with Crippen molar-refractivity contribution in [1.82, 2.24) is 4.98 Å². The molecule has 0 aliphatic carbocycles. The molecule has 0 unspecified atom stereocenters. The van der Waals surface area contributed by atoms with Gasteiger partial charge in [-0.1, -0.05) is 19.9 Å². The van der Waals surface area contributed by atoms with E-state index in [1.807, 2.05) is 12.1 Å². The average molecular weight is 300 g/mol. The van der Waals surface area contributed by atoms with Gasteiger partial charge in [0.15, 0.2) is 0 Å². The Labute approximate surface area is 130 Å². The van der Waals surface area contributed by atoms with Crippen molar-refractivity contribution < 1.29 is 4.74 Å². The number of rotatable bonds is 5. The number of hydrogen-bond donors (Lipinski definition) is 0. The average Bonchev–Trinajstić information content (AvgIpc) is 2.84. The van der Waals surface area contributed by atoms with Crippen molar-refractivity contribution in [3.8, 4) is 11.8 Å². The van der Waals surface area contributed by atoms with Crippen LogP contribution in [0.4, 0.5) is 0 Å². The van der Waals surface area contributed by atoms with Gasteiger partial charge in [0, 0.05) is 4.88 Å². The molecule has 0 aliphatic rings. The molecular formula is C17H20N2OS. The summed E-state index contributed by atoms with van der Waals surface area (Å²) < 4.78 is 5.82. The third-order valence-electron chi connectivity index (χ3n) is 3.40. The fourth-order valence-electron chi connectivity index (χ4n) is 2.07. The van der Waals surface area contributed by atoms with Crippen LogP contribution in [0.25, 0.3) is 0 Å². The number of thiazole rings is 1. The van der Waals surface area contributed by atoms with Gasteiger partial charge in [0.2, 0.25) is 0 Å². The van der Waals surface area contributed by atoms with Crippen molar-refractivity contribution in [1.29, 1.82) is 5.26 Å². The summed E-state index contributed by atoms with van der Waals surface area (Å²) in [5.41, 5.74) is 3.51. The van der Waals surface area contributed by atoms with Gasteiger partial charge in [-0.05, 0) is 43.0 Å². The highest BCUT2D eigenvalue weighted by Gasteiger charge is 2.14. The molecule has 2 aromatic rings. The SMILES string of the molecule is Cc1ccc(OCc2nc(C(C)C)c(CC#N)s2)cc1C. The predicted octanol–water partition coefficient (Wildman–Crippen LogP) is 4.53. The molecule has 110 valence electrons. The van der Waals surface area contributed by atoms with Crippen LogP contribution in [-0.4, -0.2) is 4.98 Å². The van der Waals surface area contributed by atoms with Crippen LogP contribution in [0, 0.1) is 25.2 Å². The molecule has 0 atom stereocenters. The molecule has 4 heteroatoms. The minimum Gasteiger partial charge on any atom is -0.486 e. The van der Waals surface area contributed by atoms with Crippen LogP contribution < -0.4 is 4.74 Å². The minimum absolute atomic E-state index is 0.333. The van der Waals surface area contributed by atoms with E-state index in [0.29, 0.717) is 18.9 Å². The number of aromatic nitrogens is 1. The molecule has 0 N–H and O–H groups in total. The molecule has 0 saturated carbocycles. The smallest absolute Gasteiger partial charge is 0.140 e. The van der Waals surface area contributed by atoms with Gasteiger partial charge >= 0.3 is 0 Å². The van der Waals surface area contributed by atoms with Crippen LogP contribution in [0.5, 0.6) is 5.75 Å².